The molecule has 0 aromatic heterocycles. The van der Waals surface area contributed by atoms with Gasteiger partial charge in [0, 0.05) is 11.6 Å². The Morgan fingerprint density at radius 1 is 1.24 bits per heavy atom. The highest BCUT2D eigenvalue weighted by atomic mass is 16.6. The minimum absolute atomic E-state index is 0.0140. The lowest BCUT2D eigenvalue weighted by molar-refractivity contribution is -0.168. The Morgan fingerprint density at radius 3 is 2.32 bits per heavy atom. The summed E-state index contributed by atoms with van der Waals surface area (Å²) in [5, 5.41) is 0. The van der Waals surface area contributed by atoms with Gasteiger partial charge in [-0.1, -0.05) is 13.8 Å². The SMILES string of the molecule is CCOC(=O)C1=C[C@@H](OC(CC)CC)[C@H](C(=O)OC(C)(C)C)[C@@H](N)C1. The lowest BCUT2D eigenvalue weighted by atomic mass is 9.82. The summed E-state index contributed by atoms with van der Waals surface area (Å²) in [6, 6.07) is -0.557. The Hall–Kier alpha value is -1.40. The molecule has 0 fully saturated rings. The second-order valence-corrected chi connectivity index (χ2v) is 7.38. The van der Waals surface area contributed by atoms with Crippen LogP contribution < -0.4 is 5.73 Å². The molecule has 0 aromatic carbocycles. The van der Waals surface area contributed by atoms with E-state index in [1.807, 2.05) is 34.6 Å². The van der Waals surface area contributed by atoms with Gasteiger partial charge in [0.1, 0.15) is 11.5 Å². The molecule has 1 rings (SSSR count). The van der Waals surface area contributed by atoms with Crippen LogP contribution >= 0.6 is 0 Å². The molecular weight excluding hydrogens is 322 g/mol. The van der Waals surface area contributed by atoms with E-state index < -0.39 is 35.6 Å². The lowest BCUT2D eigenvalue weighted by Gasteiger charge is -2.36. The van der Waals surface area contributed by atoms with E-state index in [2.05, 4.69) is 0 Å². The molecule has 25 heavy (non-hydrogen) atoms. The molecule has 0 bridgehead atoms. The van der Waals surface area contributed by atoms with Crippen LogP contribution in [-0.4, -0.2) is 42.4 Å². The lowest BCUT2D eigenvalue weighted by Crippen LogP contribution is -2.50. The highest BCUT2D eigenvalue weighted by Crippen LogP contribution is 2.30. The number of ether oxygens (including phenoxy) is 3. The first-order valence-electron chi connectivity index (χ1n) is 9.14. The molecule has 0 aliphatic heterocycles. The van der Waals surface area contributed by atoms with E-state index in [-0.39, 0.29) is 12.5 Å². The largest absolute Gasteiger partial charge is 0.463 e. The third-order valence-corrected chi connectivity index (χ3v) is 4.11. The smallest absolute Gasteiger partial charge is 0.333 e. The van der Waals surface area contributed by atoms with Gasteiger partial charge < -0.3 is 19.9 Å². The average Bonchev–Trinajstić information content (AvgIpc) is 2.50. The minimum Gasteiger partial charge on any atom is -0.463 e. The summed E-state index contributed by atoms with van der Waals surface area (Å²) in [4.78, 5) is 24.8. The monoisotopic (exact) mass is 355 g/mol. The van der Waals surface area contributed by atoms with E-state index in [9.17, 15) is 9.59 Å². The highest BCUT2D eigenvalue weighted by Gasteiger charge is 2.42. The molecule has 2 N–H and O–H groups in total. The summed E-state index contributed by atoms with van der Waals surface area (Å²) < 4.78 is 16.7. The maximum absolute atomic E-state index is 12.7. The molecule has 0 amide bonds. The zero-order chi connectivity index (χ0) is 19.2. The van der Waals surface area contributed by atoms with Gasteiger partial charge in [-0.15, -0.1) is 0 Å². The molecule has 144 valence electrons. The van der Waals surface area contributed by atoms with Gasteiger partial charge in [0.05, 0.1) is 18.8 Å². The average molecular weight is 355 g/mol. The van der Waals surface area contributed by atoms with Crippen molar-refractivity contribution in [3.63, 3.8) is 0 Å². The zero-order valence-electron chi connectivity index (χ0n) is 16.3. The van der Waals surface area contributed by atoms with Crippen LogP contribution in [0.25, 0.3) is 0 Å². The highest BCUT2D eigenvalue weighted by molar-refractivity contribution is 5.89. The second-order valence-electron chi connectivity index (χ2n) is 7.38. The molecule has 3 atom stereocenters. The van der Waals surface area contributed by atoms with Crippen molar-refractivity contribution in [2.75, 3.05) is 6.61 Å². The maximum atomic E-state index is 12.7. The van der Waals surface area contributed by atoms with Gasteiger partial charge in [-0.05, 0) is 53.0 Å². The predicted molar refractivity (Wildman–Crippen MR) is 95.9 cm³/mol. The minimum atomic E-state index is -0.641. The summed E-state index contributed by atoms with van der Waals surface area (Å²) >= 11 is 0. The van der Waals surface area contributed by atoms with Gasteiger partial charge in [-0.25, -0.2) is 4.79 Å². The van der Waals surface area contributed by atoms with Crippen LogP contribution in [0, 0.1) is 5.92 Å². The standard InChI is InChI=1S/C19H33NO5/c1-7-13(8-2)24-15-11-12(17(21)23-9-3)10-14(20)16(15)18(22)25-19(4,5)6/h11,13-16H,7-10,20H2,1-6H3/t14-,15+,16+/m0/s1. The summed E-state index contributed by atoms with van der Waals surface area (Å²) in [5.41, 5.74) is 6.10. The van der Waals surface area contributed by atoms with Crippen LogP contribution in [0.2, 0.25) is 0 Å². The third kappa shape index (κ3) is 6.44. The molecule has 0 unspecified atom stereocenters. The van der Waals surface area contributed by atoms with E-state index >= 15 is 0 Å². The topological polar surface area (TPSA) is 87.8 Å². The van der Waals surface area contributed by atoms with E-state index in [0.29, 0.717) is 12.2 Å². The third-order valence-electron chi connectivity index (χ3n) is 4.11. The molecule has 0 heterocycles. The normalized spacial score (nSPS) is 24.0. The Labute approximate surface area is 151 Å². The van der Waals surface area contributed by atoms with Crippen molar-refractivity contribution in [1.29, 1.82) is 0 Å². The summed E-state index contributed by atoms with van der Waals surface area (Å²) in [6.07, 6.45) is 2.97. The van der Waals surface area contributed by atoms with E-state index in [0.717, 1.165) is 12.8 Å². The number of hydrogen-bond donors (Lipinski definition) is 1. The fourth-order valence-corrected chi connectivity index (χ4v) is 2.88. The Bertz CT molecular complexity index is 491. The van der Waals surface area contributed by atoms with Gasteiger partial charge >= 0.3 is 11.9 Å². The molecule has 1 aliphatic rings. The number of rotatable bonds is 7. The first-order chi connectivity index (χ1) is 11.6. The van der Waals surface area contributed by atoms with Crippen molar-refractivity contribution in [3.05, 3.63) is 11.6 Å². The molecular formula is C19H33NO5. The van der Waals surface area contributed by atoms with Gasteiger partial charge in [0.25, 0.3) is 0 Å². The number of nitrogens with two attached hydrogens (primary N) is 1. The summed E-state index contributed by atoms with van der Waals surface area (Å²) in [5.74, 6) is -1.44. The fraction of sp³-hybridized carbons (Fsp3) is 0.789. The van der Waals surface area contributed by atoms with Crippen LogP contribution in [0.3, 0.4) is 0 Å². The van der Waals surface area contributed by atoms with Crippen LogP contribution in [-0.2, 0) is 23.8 Å². The van der Waals surface area contributed by atoms with E-state index in [1.165, 1.54) is 0 Å². The van der Waals surface area contributed by atoms with Crippen LogP contribution in [0.1, 0.15) is 60.8 Å². The number of carbonyl (C=O) groups excluding carboxylic acids is 2. The Balaban J connectivity index is 3.11. The van der Waals surface area contributed by atoms with Crippen LogP contribution in [0.5, 0.6) is 0 Å². The van der Waals surface area contributed by atoms with Crippen LogP contribution in [0.4, 0.5) is 0 Å². The second kappa shape index (κ2) is 9.34. The number of esters is 2. The maximum Gasteiger partial charge on any atom is 0.333 e. The quantitative estimate of drug-likeness (QED) is 0.707. The number of carbonyl (C=O) groups is 2. The van der Waals surface area contributed by atoms with Gasteiger partial charge in [-0.2, -0.15) is 0 Å². The predicted octanol–water partition coefficient (Wildman–Crippen LogP) is 2.74. The molecule has 0 radical (unpaired) electrons. The Kier molecular flexibility index (Phi) is 8.09. The first-order valence-corrected chi connectivity index (χ1v) is 9.14. The van der Waals surface area contributed by atoms with Crippen molar-refractivity contribution in [2.24, 2.45) is 11.7 Å². The van der Waals surface area contributed by atoms with Crippen molar-refractivity contribution in [3.8, 4) is 0 Å². The van der Waals surface area contributed by atoms with Crippen molar-refractivity contribution < 1.29 is 23.8 Å². The van der Waals surface area contributed by atoms with Crippen molar-refractivity contribution in [2.45, 2.75) is 84.7 Å². The molecule has 0 saturated carbocycles. The van der Waals surface area contributed by atoms with Gasteiger partial charge in [0.15, 0.2) is 0 Å². The van der Waals surface area contributed by atoms with Gasteiger partial charge in [-0.3, -0.25) is 4.79 Å². The first kappa shape index (κ1) is 21.6. The van der Waals surface area contributed by atoms with Crippen molar-refractivity contribution >= 4 is 11.9 Å². The zero-order valence-corrected chi connectivity index (χ0v) is 16.3. The molecule has 0 saturated heterocycles. The van der Waals surface area contributed by atoms with Crippen molar-refractivity contribution in [1.82, 2.24) is 0 Å². The number of hydrogen-bond acceptors (Lipinski definition) is 6. The fourth-order valence-electron chi connectivity index (χ4n) is 2.88. The van der Waals surface area contributed by atoms with E-state index in [4.69, 9.17) is 19.9 Å². The van der Waals surface area contributed by atoms with Gasteiger partial charge in [0.2, 0.25) is 0 Å². The molecule has 6 heteroatoms. The van der Waals surface area contributed by atoms with Crippen LogP contribution in [0.15, 0.2) is 11.6 Å². The molecule has 1 aliphatic carbocycles. The molecule has 0 aromatic rings. The Morgan fingerprint density at radius 2 is 1.84 bits per heavy atom. The summed E-state index contributed by atoms with van der Waals surface area (Å²) in [6.45, 7) is 11.5. The molecule has 0 spiro atoms. The molecule has 6 nitrogen and oxygen atoms in total. The summed E-state index contributed by atoms with van der Waals surface area (Å²) in [7, 11) is 0. The van der Waals surface area contributed by atoms with E-state index in [1.54, 1.807) is 13.0 Å².